The first kappa shape index (κ1) is 19.0. The van der Waals surface area contributed by atoms with Crippen LogP contribution in [0.4, 0.5) is 0 Å². The zero-order valence-electron chi connectivity index (χ0n) is 15.2. The molecule has 5 heteroatoms. The van der Waals surface area contributed by atoms with Crippen molar-refractivity contribution >= 4 is 0 Å². The fourth-order valence-electron chi connectivity index (χ4n) is 2.86. The van der Waals surface area contributed by atoms with Crippen molar-refractivity contribution in [3.63, 3.8) is 0 Å². The number of rotatable bonds is 7. The lowest BCUT2D eigenvalue weighted by atomic mass is 9.78. The van der Waals surface area contributed by atoms with Crippen LogP contribution in [0.25, 0.3) is 0 Å². The van der Waals surface area contributed by atoms with Crippen molar-refractivity contribution in [1.29, 1.82) is 0 Å². The smallest absolute Gasteiger partial charge is 0.207 e. The second-order valence-electron chi connectivity index (χ2n) is 6.27. The van der Waals surface area contributed by atoms with E-state index in [1.165, 1.54) is 14.2 Å². The van der Waals surface area contributed by atoms with Crippen LogP contribution >= 0.6 is 0 Å². The average molecular weight is 323 g/mol. The van der Waals surface area contributed by atoms with Gasteiger partial charge in [0.2, 0.25) is 11.5 Å². The number of ether oxygens (including phenoxy) is 2. The summed E-state index contributed by atoms with van der Waals surface area (Å²) >= 11 is 0. The van der Waals surface area contributed by atoms with Gasteiger partial charge in [-0.1, -0.05) is 19.9 Å². The molecule has 3 N–H and O–H groups in total. The fourth-order valence-corrected chi connectivity index (χ4v) is 2.86. The van der Waals surface area contributed by atoms with E-state index in [4.69, 9.17) is 9.47 Å². The predicted octanol–water partition coefficient (Wildman–Crippen LogP) is 3.60. The molecule has 0 amide bonds. The summed E-state index contributed by atoms with van der Waals surface area (Å²) in [5.41, 5.74) is 1.96. The molecule has 0 aliphatic carbocycles. The van der Waals surface area contributed by atoms with Crippen molar-refractivity contribution in [3.8, 4) is 23.0 Å². The van der Waals surface area contributed by atoms with Crippen molar-refractivity contribution in [3.05, 3.63) is 22.9 Å². The van der Waals surface area contributed by atoms with Gasteiger partial charge in [0, 0.05) is 23.4 Å². The van der Waals surface area contributed by atoms with Crippen LogP contribution < -0.4 is 14.8 Å². The molecule has 130 valence electrons. The van der Waals surface area contributed by atoms with Crippen molar-refractivity contribution in [1.82, 2.24) is 5.32 Å². The Morgan fingerprint density at radius 3 is 2.13 bits per heavy atom. The van der Waals surface area contributed by atoms with E-state index in [0.717, 1.165) is 12.2 Å². The molecule has 1 aromatic carbocycles. The van der Waals surface area contributed by atoms with Gasteiger partial charge in [-0.25, -0.2) is 0 Å². The first-order valence-electron chi connectivity index (χ1n) is 7.78. The number of nitrogens with one attached hydrogen (secondary N) is 1. The van der Waals surface area contributed by atoms with Crippen molar-refractivity contribution < 1.29 is 19.7 Å². The lowest BCUT2D eigenvalue weighted by Crippen LogP contribution is -2.20. The predicted molar refractivity (Wildman–Crippen MR) is 92.7 cm³/mol. The third kappa shape index (κ3) is 3.84. The SMILES string of the molecule is CCN/C(C)=C/CC(C)(C)c1c(C)c(O)c(OC)c(OC)c1O. The van der Waals surface area contributed by atoms with Crippen molar-refractivity contribution in [2.24, 2.45) is 0 Å². The molecule has 0 atom stereocenters. The molecule has 0 aliphatic heterocycles. The number of hydrogen-bond acceptors (Lipinski definition) is 5. The Bertz CT molecular complexity index is 591. The lowest BCUT2D eigenvalue weighted by molar-refractivity contribution is 0.309. The number of hydrogen-bond donors (Lipinski definition) is 3. The normalized spacial score (nSPS) is 12.2. The van der Waals surface area contributed by atoms with Crippen LogP contribution in [0.2, 0.25) is 0 Å². The van der Waals surface area contributed by atoms with Crippen molar-refractivity contribution in [2.75, 3.05) is 20.8 Å². The quantitative estimate of drug-likeness (QED) is 0.669. The molecule has 0 unspecified atom stereocenters. The zero-order chi connectivity index (χ0) is 17.8. The molecular formula is C18H29NO4. The largest absolute Gasteiger partial charge is 0.504 e. The van der Waals surface area contributed by atoms with E-state index in [1.54, 1.807) is 6.92 Å². The summed E-state index contributed by atoms with van der Waals surface area (Å²) in [7, 11) is 2.88. The molecule has 23 heavy (non-hydrogen) atoms. The van der Waals surface area contributed by atoms with E-state index in [-0.39, 0.29) is 28.4 Å². The number of phenolic OH excluding ortho intramolecular Hbond substituents is 2. The maximum atomic E-state index is 10.7. The van der Waals surface area contributed by atoms with E-state index < -0.39 is 0 Å². The van der Waals surface area contributed by atoms with E-state index in [2.05, 4.69) is 11.4 Å². The summed E-state index contributed by atoms with van der Waals surface area (Å²) in [6, 6.07) is 0. The van der Waals surface area contributed by atoms with Gasteiger partial charge in [-0.05, 0) is 32.6 Å². The summed E-state index contributed by atoms with van der Waals surface area (Å²) in [5, 5.41) is 24.3. The summed E-state index contributed by atoms with van der Waals surface area (Å²) < 4.78 is 10.4. The number of methoxy groups -OCH3 is 2. The molecule has 0 aromatic heterocycles. The Labute approximate surface area is 138 Å². The molecule has 0 saturated carbocycles. The van der Waals surface area contributed by atoms with Crippen LogP contribution in [0.3, 0.4) is 0 Å². The number of aromatic hydroxyl groups is 2. The van der Waals surface area contributed by atoms with Crippen LogP contribution in [0.1, 0.15) is 45.2 Å². The molecule has 0 aliphatic rings. The Balaban J connectivity index is 3.41. The van der Waals surface area contributed by atoms with E-state index in [9.17, 15) is 10.2 Å². The Hall–Kier alpha value is -2.04. The molecular weight excluding hydrogens is 294 g/mol. The monoisotopic (exact) mass is 323 g/mol. The zero-order valence-corrected chi connectivity index (χ0v) is 15.2. The van der Waals surface area contributed by atoms with E-state index in [1.807, 2.05) is 27.7 Å². The first-order valence-corrected chi connectivity index (χ1v) is 7.78. The second-order valence-corrected chi connectivity index (χ2v) is 6.27. The van der Waals surface area contributed by atoms with E-state index in [0.29, 0.717) is 17.5 Å². The minimum absolute atomic E-state index is 0.00221. The number of phenols is 2. The van der Waals surface area contributed by atoms with Gasteiger partial charge in [-0.15, -0.1) is 0 Å². The van der Waals surface area contributed by atoms with Gasteiger partial charge in [0.1, 0.15) is 0 Å². The third-order valence-electron chi connectivity index (χ3n) is 4.06. The second kappa shape index (κ2) is 7.49. The van der Waals surface area contributed by atoms with Gasteiger partial charge < -0.3 is 25.0 Å². The molecule has 0 heterocycles. The maximum absolute atomic E-state index is 10.7. The third-order valence-corrected chi connectivity index (χ3v) is 4.06. The Morgan fingerprint density at radius 1 is 1.13 bits per heavy atom. The highest BCUT2D eigenvalue weighted by Gasteiger charge is 2.32. The van der Waals surface area contributed by atoms with Gasteiger partial charge in [0.15, 0.2) is 11.5 Å². The standard InChI is InChI=1S/C18H29NO4/c1-8-19-11(2)9-10-18(4,5)13-12(3)14(20)16(22-6)17(23-7)15(13)21/h9,19-21H,8,10H2,1-7H3/b11-9+. The van der Waals surface area contributed by atoms with Gasteiger partial charge in [-0.2, -0.15) is 0 Å². The Kier molecular flexibility index (Phi) is 6.19. The van der Waals surface area contributed by atoms with Crippen LogP contribution in [0.5, 0.6) is 23.0 Å². The molecule has 1 rings (SSSR count). The summed E-state index contributed by atoms with van der Waals surface area (Å²) in [6.45, 7) is 10.7. The highest BCUT2D eigenvalue weighted by Crippen LogP contribution is 2.52. The molecule has 1 aromatic rings. The lowest BCUT2D eigenvalue weighted by Gasteiger charge is -2.29. The van der Waals surface area contributed by atoms with Gasteiger partial charge >= 0.3 is 0 Å². The topological polar surface area (TPSA) is 71.0 Å². The highest BCUT2D eigenvalue weighted by molar-refractivity contribution is 5.67. The summed E-state index contributed by atoms with van der Waals surface area (Å²) in [4.78, 5) is 0. The maximum Gasteiger partial charge on any atom is 0.207 e. The molecule has 0 fully saturated rings. The van der Waals surface area contributed by atoms with Gasteiger partial charge in [-0.3, -0.25) is 0 Å². The van der Waals surface area contributed by atoms with Gasteiger partial charge in [0.05, 0.1) is 14.2 Å². The minimum atomic E-state index is -0.387. The minimum Gasteiger partial charge on any atom is -0.504 e. The van der Waals surface area contributed by atoms with Crippen LogP contribution in [-0.2, 0) is 5.41 Å². The fraction of sp³-hybridized carbons (Fsp3) is 0.556. The molecule has 0 radical (unpaired) electrons. The van der Waals surface area contributed by atoms with Crippen LogP contribution in [-0.4, -0.2) is 31.0 Å². The van der Waals surface area contributed by atoms with E-state index >= 15 is 0 Å². The van der Waals surface area contributed by atoms with Crippen LogP contribution in [0.15, 0.2) is 11.8 Å². The molecule has 5 nitrogen and oxygen atoms in total. The summed E-state index contributed by atoms with van der Waals surface area (Å²) in [5.74, 6) is 0.323. The molecule has 0 spiro atoms. The Morgan fingerprint density at radius 2 is 1.65 bits per heavy atom. The number of benzene rings is 1. The average Bonchev–Trinajstić information content (AvgIpc) is 2.49. The molecule has 0 bridgehead atoms. The number of allylic oxidation sites excluding steroid dienone is 2. The van der Waals surface area contributed by atoms with Gasteiger partial charge in [0.25, 0.3) is 0 Å². The van der Waals surface area contributed by atoms with Crippen LogP contribution in [0, 0.1) is 6.92 Å². The molecule has 0 saturated heterocycles. The van der Waals surface area contributed by atoms with Crippen molar-refractivity contribution in [2.45, 2.75) is 46.5 Å². The first-order chi connectivity index (χ1) is 10.7. The highest BCUT2D eigenvalue weighted by atomic mass is 16.5. The summed E-state index contributed by atoms with van der Waals surface area (Å²) in [6.07, 6.45) is 2.80.